The van der Waals surface area contributed by atoms with Crippen LogP contribution in [0.15, 0.2) is 36.4 Å². The summed E-state index contributed by atoms with van der Waals surface area (Å²) in [4.78, 5) is 25.9. The van der Waals surface area contributed by atoms with Gasteiger partial charge in [-0.05, 0) is 31.8 Å². The van der Waals surface area contributed by atoms with E-state index in [1.807, 2.05) is 24.3 Å². The first-order valence-corrected chi connectivity index (χ1v) is 9.19. The van der Waals surface area contributed by atoms with Crippen LogP contribution in [0.25, 0.3) is 0 Å². The zero-order valence-electron chi connectivity index (χ0n) is 16.6. The van der Waals surface area contributed by atoms with Gasteiger partial charge in [0.1, 0.15) is 11.9 Å². The van der Waals surface area contributed by atoms with E-state index in [4.69, 9.17) is 9.47 Å². The third-order valence-electron chi connectivity index (χ3n) is 4.29. The fourth-order valence-corrected chi connectivity index (χ4v) is 2.85. The van der Waals surface area contributed by atoms with Crippen molar-refractivity contribution in [3.05, 3.63) is 42.0 Å². The Hall–Kier alpha value is -2.42. The summed E-state index contributed by atoms with van der Waals surface area (Å²) < 4.78 is 10.9. The lowest BCUT2D eigenvalue weighted by Gasteiger charge is -2.32. The number of nitrogens with zero attached hydrogens (tertiary/aromatic N) is 1. The second kappa shape index (κ2) is 10.8. The van der Waals surface area contributed by atoms with Crippen molar-refractivity contribution in [1.29, 1.82) is 0 Å². The van der Waals surface area contributed by atoms with E-state index in [1.165, 1.54) is 0 Å². The van der Waals surface area contributed by atoms with E-state index in [2.05, 4.69) is 10.6 Å². The number of nitrogens with one attached hydrogen (secondary N) is 2. The highest BCUT2D eigenvalue weighted by molar-refractivity contribution is 5.79. The van der Waals surface area contributed by atoms with Gasteiger partial charge >= 0.3 is 0 Å². The molecule has 1 aromatic carbocycles. The smallest absolute Gasteiger partial charge is 0.234 e. The van der Waals surface area contributed by atoms with Crippen molar-refractivity contribution in [3.8, 4) is 5.75 Å². The lowest BCUT2D eigenvalue weighted by atomic mass is 10.0. The molecule has 154 valence electrons. The van der Waals surface area contributed by atoms with Gasteiger partial charge in [0.2, 0.25) is 11.8 Å². The SMILES string of the molecule is COc1ccc(CNC(=O)C[C@@H]2C=C[C@H](NC(=O)CN(C)C)[C@H](CO)O2)cc1. The van der Waals surface area contributed by atoms with Crippen molar-refractivity contribution in [2.75, 3.05) is 34.4 Å². The topological polar surface area (TPSA) is 100 Å². The van der Waals surface area contributed by atoms with Gasteiger partial charge in [-0.25, -0.2) is 0 Å². The Morgan fingerprint density at radius 3 is 2.50 bits per heavy atom. The molecule has 8 heteroatoms. The van der Waals surface area contributed by atoms with Gasteiger partial charge < -0.3 is 30.1 Å². The molecule has 0 spiro atoms. The molecule has 0 bridgehead atoms. The van der Waals surface area contributed by atoms with Crippen molar-refractivity contribution in [3.63, 3.8) is 0 Å². The molecule has 0 unspecified atom stereocenters. The minimum atomic E-state index is -0.587. The van der Waals surface area contributed by atoms with Crippen LogP contribution < -0.4 is 15.4 Å². The van der Waals surface area contributed by atoms with Crippen LogP contribution in [-0.4, -0.2) is 74.4 Å². The number of methoxy groups -OCH3 is 1. The average Bonchev–Trinajstić information content (AvgIpc) is 2.67. The number of aliphatic hydroxyl groups is 1. The summed E-state index contributed by atoms with van der Waals surface area (Å²) in [6, 6.07) is 7.03. The molecule has 0 saturated carbocycles. The van der Waals surface area contributed by atoms with E-state index in [9.17, 15) is 14.7 Å². The van der Waals surface area contributed by atoms with Gasteiger partial charge in [0.05, 0.1) is 38.8 Å². The Balaban J connectivity index is 1.82. The molecule has 28 heavy (non-hydrogen) atoms. The van der Waals surface area contributed by atoms with Crippen LogP contribution in [0, 0.1) is 0 Å². The van der Waals surface area contributed by atoms with Crippen molar-refractivity contribution in [2.45, 2.75) is 31.2 Å². The molecule has 3 N–H and O–H groups in total. The van der Waals surface area contributed by atoms with E-state index in [0.29, 0.717) is 6.54 Å². The van der Waals surface area contributed by atoms with Crippen LogP contribution in [0.2, 0.25) is 0 Å². The van der Waals surface area contributed by atoms with Crippen LogP contribution in [-0.2, 0) is 20.9 Å². The second-order valence-corrected chi connectivity index (χ2v) is 6.94. The Morgan fingerprint density at radius 1 is 1.18 bits per heavy atom. The molecular weight excluding hydrogens is 362 g/mol. The first kappa shape index (κ1) is 21.9. The number of likely N-dealkylation sites (N-methyl/N-ethyl adjacent to an activating group) is 1. The molecule has 2 rings (SSSR count). The maximum absolute atomic E-state index is 12.2. The Labute approximate surface area is 165 Å². The summed E-state index contributed by atoms with van der Waals surface area (Å²) in [6.45, 7) is 0.410. The molecule has 0 fully saturated rings. The standard InChI is InChI=1S/C20H29N3O5/c1-23(2)12-20(26)22-17-9-8-16(28-18(17)13-24)10-19(25)21-11-14-4-6-15(27-3)7-5-14/h4-9,16-18,24H,10-13H2,1-3H3,(H,21,25)(H,22,26)/t16-,17-,18-/m0/s1. The highest BCUT2D eigenvalue weighted by atomic mass is 16.5. The summed E-state index contributed by atoms with van der Waals surface area (Å²) in [6.07, 6.45) is 2.63. The maximum atomic E-state index is 12.2. The van der Waals surface area contributed by atoms with E-state index in [0.717, 1.165) is 11.3 Å². The van der Waals surface area contributed by atoms with Gasteiger partial charge in [-0.2, -0.15) is 0 Å². The third kappa shape index (κ3) is 6.95. The Morgan fingerprint density at radius 2 is 1.89 bits per heavy atom. The van der Waals surface area contributed by atoms with Gasteiger partial charge in [0.15, 0.2) is 0 Å². The van der Waals surface area contributed by atoms with Gasteiger partial charge in [0.25, 0.3) is 0 Å². The van der Waals surface area contributed by atoms with Crippen LogP contribution >= 0.6 is 0 Å². The van der Waals surface area contributed by atoms with E-state index in [-0.39, 0.29) is 31.4 Å². The molecule has 0 radical (unpaired) electrons. The monoisotopic (exact) mass is 391 g/mol. The van der Waals surface area contributed by atoms with Gasteiger partial charge in [-0.15, -0.1) is 0 Å². The van der Waals surface area contributed by atoms with Crippen molar-refractivity contribution < 1.29 is 24.2 Å². The minimum Gasteiger partial charge on any atom is -0.497 e. The molecule has 1 aliphatic heterocycles. The number of benzene rings is 1. The molecule has 1 aromatic rings. The fourth-order valence-electron chi connectivity index (χ4n) is 2.85. The van der Waals surface area contributed by atoms with Crippen LogP contribution in [0.3, 0.4) is 0 Å². The van der Waals surface area contributed by atoms with Gasteiger partial charge in [-0.3, -0.25) is 9.59 Å². The zero-order valence-corrected chi connectivity index (χ0v) is 16.6. The molecule has 0 aliphatic carbocycles. The van der Waals surface area contributed by atoms with Crippen molar-refractivity contribution >= 4 is 11.8 Å². The molecular formula is C20H29N3O5. The van der Waals surface area contributed by atoms with E-state index in [1.54, 1.807) is 38.3 Å². The summed E-state index contributed by atoms with van der Waals surface area (Å²) >= 11 is 0. The molecule has 8 nitrogen and oxygen atoms in total. The van der Waals surface area contributed by atoms with Gasteiger partial charge in [-0.1, -0.05) is 24.3 Å². The minimum absolute atomic E-state index is 0.140. The molecule has 1 heterocycles. The summed E-state index contributed by atoms with van der Waals surface area (Å²) in [5.74, 6) is 0.452. The van der Waals surface area contributed by atoms with Crippen molar-refractivity contribution in [1.82, 2.24) is 15.5 Å². The molecule has 1 aliphatic rings. The van der Waals surface area contributed by atoms with E-state index < -0.39 is 18.2 Å². The van der Waals surface area contributed by atoms with Crippen LogP contribution in [0.5, 0.6) is 5.75 Å². The first-order chi connectivity index (χ1) is 13.4. The largest absolute Gasteiger partial charge is 0.497 e. The number of hydrogen-bond acceptors (Lipinski definition) is 6. The molecule has 0 aromatic heterocycles. The summed E-state index contributed by atoms with van der Waals surface area (Å²) in [5.41, 5.74) is 0.964. The fraction of sp³-hybridized carbons (Fsp3) is 0.500. The summed E-state index contributed by atoms with van der Waals surface area (Å²) in [7, 11) is 5.21. The number of rotatable bonds is 9. The second-order valence-electron chi connectivity index (χ2n) is 6.94. The number of aliphatic hydroxyl groups excluding tert-OH is 1. The highest BCUT2D eigenvalue weighted by Gasteiger charge is 2.29. The Kier molecular flexibility index (Phi) is 8.43. The lowest BCUT2D eigenvalue weighted by Crippen LogP contribution is -2.50. The number of ether oxygens (including phenoxy) is 2. The normalized spacial score (nSPS) is 21.4. The summed E-state index contributed by atoms with van der Waals surface area (Å²) in [5, 5.41) is 15.2. The Bertz CT molecular complexity index is 675. The zero-order chi connectivity index (χ0) is 20.5. The molecule has 0 saturated heterocycles. The number of carbonyl (C=O) groups is 2. The molecule has 3 atom stereocenters. The first-order valence-electron chi connectivity index (χ1n) is 9.19. The number of hydrogen-bond donors (Lipinski definition) is 3. The van der Waals surface area contributed by atoms with E-state index >= 15 is 0 Å². The average molecular weight is 391 g/mol. The quantitative estimate of drug-likeness (QED) is 0.515. The molecule has 2 amide bonds. The predicted octanol–water partition coefficient (Wildman–Crippen LogP) is 0.0638. The number of amides is 2. The number of carbonyl (C=O) groups excluding carboxylic acids is 2. The highest BCUT2D eigenvalue weighted by Crippen LogP contribution is 2.16. The maximum Gasteiger partial charge on any atom is 0.234 e. The van der Waals surface area contributed by atoms with Crippen molar-refractivity contribution in [2.24, 2.45) is 0 Å². The predicted molar refractivity (Wildman–Crippen MR) is 105 cm³/mol. The lowest BCUT2D eigenvalue weighted by molar-refractivity contribution is -0.128. The van der Waals surface area contributed by atoms with Crippen LogP contribution in [0.4, 0.5) is 0 Å². The van der Waals surface area contributed by atoms with Gasteiger partial charge in [0, 0.05) is 6.54 Å². The third-order valence-corrected chi connectivity index (χ3v) is 4.29. The van der Waals surface area contributed by atoms with Crippen LogP contribution in [0.1, 0.15) is 12.0 Å².